The van der Waals surface area contributed by atoms with E-state index >= 15 is 0 Å². The highest BCUT2D eigenvalue weighted by Crippen LogP contribution is 2.27. The van der Waals surface area contributed by atoms with Crippen molar-refractivity contribution in [1.29, 1.82) is 0 Å². The molecular formula is C13H20N3O2. The minimum absolute atomic E-state index is 0.321. The van der Waals surface area contributed by atoms with Crippen LogP contribution >= 0.6 is 0 Å². The summed E-state index contributed by atoms with van der Waals surface area (Å²) in [5, 5.41) is 7.05. The van der Waals surface area contributed by atoms with Crippen LogP contribution in [0.15, 0.2) is 12.3 Å². The standard InChI is InChI=1S/C13H20N3O2/c1-10-7-17-5-4-16(10)12-6-11(8-18-9-12)13-2-3-14-15-13/h2-3,6,10-12H,4-5,7-9H2,1H3,(H,14,15). The highest BCUT2D eigenvalue weighted by atomic mass is 16.5. The van der Waals surface area contributed by atoms with Crippen LogP contribution in [0, 0.1) is 6.42 Å². The lowest BCUT2D eigenvalue weighted by atomic mass is 9.93. The zero-order chi connectivity index (χ0) is 12.4. The summed E-state index contributed by atoms with van der Waals surface area (Å²) in [5.74, 6) is 0.321. The second kappa shape index (κ2) is 5.38. The first-order chi connectivity index (χ1) is 8.84. The molecule has 2 saturated heterocycles. The second-order valence-corrected chi connectivity index (χ2v) is 5.08. The first-order valence-corrected chi connectivity index (χ1v) is 6.60. The molecule has 2 aliphatic heterocycles. The van der Waals surface area contributed by atoms with E-state index in [0.717, 1.165) is 38.7 Å². The van der Waals surface area contributed by atoms with E-state index in [0.29, 0.717) is 18.0 Å². The molecule has 3 heterocycles. The molecule has 1 radical (unpaired) electrons. The predicted molar refractivity (Wildman–Crippen MR) is 67.2 cm³/mol. The summed E-state index contributed by atoms with van der Waals surface area (Å²) >= 11 is 0. The number of rotatable bonds is 2. The number of nitrogens with one attached hydrogen (secondary N) is 1. The van der Waals surface area contributed by atoms with Gasteiger partial charge in [-0.2, -0.15) is 5.10 Å². The number of ether oxygens (including phenoxy) is 2. The molecule has 5 heteroatoms. The van der Waals surface area contributed by atoms with Crippen LogP contribution in [-0.4, -0.2) is 60.2 Å². The number of nitrogens with zero attached hydrogens (tertiary/aromatic N) is 2. The van der Waals surface area contributed by atoms with Gasteiger partial charge in [0, 0.05) is 36.4 Å². The van der Waals surface area contributed by atoms with E-state index < -0.39 is 0 Å². The predicted octanol–water partition coefficient (Wildman–Crippen LogP) is 0.817. The molecule has 5 nitrogen and oxygen atoms in total. The first kappa shape index (κ1) is 12.1. The van der Waals surface area contributed by atoms with Gasteiger partial charge in [-0.05, 0) is 19.4 Å². The molecule has 1 aromatic rings. The van der Waals surface area contributed by atoms with E-state index in [4.69, 9.17) is 9.47 Å². The van der Waals surface area contributed by atoms with Crippen molar-refractivity contribution < 1.29 is 9.47 Å². The van der Waals surface area contributed by atoms with Gasteiger partial charge in [0.2, 0.25) is 0 Å². The Balaban J connectivity index is 1.66. The van der Waals surface area contributed by atoms with Crippen LogP contribution in [-0.2, 0) is 9.47 Å². The summed E-state index contributed by atoms with van der Waals surface area (Å²) in [4.78, 5) is 2.48. The number of H-pyrrole nitrogens is 1. The van der Waals surface area contributed by atoms with Crippen molar-refractivity contribution in [2.24, 2.45) is 0 Å². The third kappa shape index (κ3) is 2.43. The quantitative estimate of drug-likeness (QED) is 0.844. The van der Waals surface area contributed by atoms with Crippen molar-refractivity contribution in [2.45, 2.75) is 24.9 Å². The molecule has 3 atom stereocenters. The van der Waals surface area contributed by atoms with E-state index in [9.17, 15) is 0 Å². The van der Waals surface area contributed by atoms with Gasteiger partial charge < -0.3 is 9.47 Å². The van der Waals surface area contributed by atoms with Gasteiger partial charge in [0.1, 0.15) is 0 Å². The molecule has 2 fully saturated rings. The Hall–Kier alpha value is -0.910. The molecule has 0 saturated carbocycles. The molecule has 1 N–H and O–H groups in total. The van der Waals surface area contributed by atoms with E-state index in [1.807, 2.05) is 6.07 Å². The van der Waals surface area contributed by atoms with E-state index in [1.54, 1.807) is 6.20 Å². The lowest BCUT2D eigenvalue weighted by Gasteiger charge is -2.42. The molecule has 99 valence electrons. The number of hydrogen-bond donors (Lipinski definition) is 1. The minimum Gasteiger partial charge on any atom is -0.379 e. The highest BCUT2D eigenvalue weighted by molar-refractivity contribution is 5.15. The zero-order valence-electron chi connectivity index (χ0n) is 10.7. The van der Waals surface area contributed by atoms with Crippen LogP contribution in [0.2, 0.25) is 0 Å². The molecule has 0 bridgehead atoms. The van der Waals surface area contributed by atoms with Gasteiger partial charge in [0.15, 0.2) is 0 Å². The number of aromatic amines is 1. The summed E-state index contributed by atoms with van der Waals surface area (Å²) in [6, 6.07) is 2.87. The van der Waals surface area contributed by atoms with Crippen molar-refractivity contribution in [3.05, 3.63) is 24.4 Å². The van der Waals surface area contributed by atoms with Crippen LogP contribution in [0.3, 0.4) is 0 Å². The number of morpholine rings is 1. The fourth-order valence-electron chi connectivity index (χ4n) is 2.80. The van der Waals surface area contributed by atoms with E-state index in [2.05, 4.69) is 28.4 Å². The van der Waals surface area contributed by atoms with Gasteiger partial charge in [0.25, 0.3) is 0 Å². The fraction of sp³-hybridized carbons (Fsp3) is 0.692. The van der Waals surface area contributed by atoms with Crippen molar-refractivity contribution in [1.82, 2.24) is 15.1 Å². The van der Waals surface area contributed by atoms with Crippen molar-refractivity contribution in [3.63, 3.8) is 0 Å². The Morgan fingerprint density at radius 3 is 3.06 bits per heavy atom. The maximum Gasteiger partial charge on any atom is 0.0625 e. The smallest absolute Gasteiger partial charge is 0.0625 e. The third-order valence-electron chi connectivity index (χ3n) is 3.81. The molecular weight excluding hydrogens is 230 g/mol. The molecule has 1 aromatic heterocycles. The third-order valence-corrected chi connectivity index (χ3v) is 3.81. The number of aromatic nitrogens is 2. The topological polar surface area (TPSA) is 50.4 Å². The van der Waals surface area contributed by atoms with Gasteiger partial charge in [-0.25, -0.2) is 0 Å². The molecule has 3 rings (SSSR count). The van der Waals surface area contributed by atoms with Crippen LogP contribution < -0.4 is 0 Å². The summed E-state index contributed by atoms with van der Waals surface area (Å²) in [6.07, 6.45) is 4.18. The molecule has 3 unspecified atom stereocenters. The Morgan fingerprint density at radius 1 is 1.33 bits per heavy atom. The minimum atomic E-state index is 0.321. The summed E-state index contributed by atoms with van der Waals surface area (Å²) < 4.78 is 11.2. The molecule has 2 aliphatic rings. The van der Waals surface area contributed by atoms with Crippen molar-refractivity contribution in [3.8, 4) is 0 Å². The van der Waals surface area contributed by atoms with Gasteiger partial charge in [-0.15, -0.1) is 0 Å². The van der Waals surface area contributed by atoms with Gasteiger partial charge in [-0.1, -0.05) is 0 Å². The largest absolute Gasteiger partial charge is 0.379 e. The van der Waals surface area contributed by atoms with Crippen LogP contribution in [0.5, 0.6) is 0 Å². The average molecular weight is 250 g/mol. The zero-order valence-corrected chi connectivity index (χ0v) is 10.7. The normalized spacial score (nSPS) is 34.6. The molecule has 0 spiro atoms. The van der Waals surface area contributed by atoms with Crippen molar-refractivity contribution >= 4 is 0 Å². The lowest BCUT2D eigenvalue weighted by Crippen LogP contribution is -2.53. The Morgan fingerprint density at radius 2 is 2.28 bits per heavy atom. The number of hydrogen-bond acceptors (Lipinski definition) is 4. The maximum atomic E-state index is 5.76. The van der Waals surface area contributed by atoms with Gasteiger partial charge in [0.05, 0.1) is 26.4 Å². The summed E-state index contributed by atoms with van der Waals surface area (Å²) in [7, 11) is 0. The van der Waals surface area contributed by atoms with E-state index in [-0.39, 0.29) is 0 Å². The van der Waals surface area contributed by atoms with Crippen LogP contribution in [0.1, 0.15) is 18.5 Å². The molecule has 0 amide bonds. The van der Waals surface area contributed by atoms with E-state index in [1.165, 1.54) is 0 Å². The Labute approximate surface area is 107 Å². The van der Waals surface area contributed by atoms with Gasteiger partial charge >= 0.3 is 0 Å². The highest BCUT2D eigenvalue weighted by Gasteiger charge is 2.32. The van der Waals surface area contributed by atoms with Crippen LogP contribution in [0.25, 0.3) is 0 Å². The van der Waals surface area contributed by atoms with Gasteiger partial charge in [-0.3, -0.25) is 10.00 Å². The fourth-order valence-corrected chi connectivity index (χ4v) is 2.80. The second-order valence-electron chi connectivity index (χ2n) is 5.08. The first-order valence-electron chi connectivity index (χ1n) is 6.60. The monoisotopic (exact) mass is 250 g/mol. The average Bonchev–Trinajstić information content (AvgIpc) is 2.93. The Bertz CT molecular complexity index is 368. The van der Waals surface area contributed by atoms with Crippen molar-refractivity contribution in [2.75, 3.05) is 33.0 Å². The Kier molecular flexibility index (Phi) is 3.63. The maximum absolute atomic E-state index is 5.76. The molecule has 0 aliphatic carbocycles. The molecule has 18 heavy (non-hydrogen) atoms. The lowest BCUT2D eigenvalue weighted by molar-refractivity contribution is -0.0481. The van der Waals surface area contributed by atoms with Crippen LogP contribution in [0.4, 0.5) is 0 Å². The molecule has 0 aromatic carbocycles. The summed E-state index contributed by atoms with van der Waals surface area (Å²) in [5.41, 5.74) is 1.14. The SMILES string of the molecule is CC1COCCN1C1[CH]C(c2ccn[nH]2)COC1. The summed E-state index contributed by atoms with van der Waals surface area (Å²) in [6.45, 7) is 6.38.